The molecule has 2 aromatic rings. The molecule has 0 fully saturated rings. The van der Waals surface area contributed by atoms with E-state index in [9.17, 15) is 0 Å². The predicted molar refractivity (Wildman–Crippen MR) is 87.8 cm³/mol. The maximum Gasteiger partial charge on any atom is 0.106 e. The fourth-order valence-corrected chi connectivity index (χ4v) is 2.23. The van der Waals surface area contributed by atoms with E-state index in [-0.39, 0.29) is 0 Å². The lowest BCUT2D eigenvalue weighted by Gasteiger charge is -2.12. The second-order valence-corrected chi connectivity index (χ2v) is 5.19. The van der Waals surface area contributed by atoms with Crippen LogP contribution in [-0.2, 0) is 11.3 Å². The first-order valence-corrected chi connectivity index (χ1v) is 6.83. The van der Waals surface area contributed by atoms with Gasteiger partial charge in [0.05, 0.1) is 6.61 Å². The molecule has 2 aromatic carbocycles. The molecule has 0 aliphatic rings. The molecule has 2 rings (SSSR count). The summed E-state index contributed by atoms with van der Waals surface area (Å²) < 4.78 is 5.12. The minimum atomic E-state index is 0.308. The first-order chi connectivity index (χ1) is 9.60. The van der Waals surface area contributed by atoms with E-state index in [1.807, 2.05) is 30.3 Å². The molecule has 20 heavy (non-hydrogen) atoms. The number of hydrogen-bond donors (Lipinski definition) is 2. The van der Waals surface area contributed by atoms with E-state index in [2.05, 4.69) is 5.32 Å². The molecule has 0 saturated carbocycles. The third-order valence-corrected chi connectivity index (χ3v) is 3.22. The molecule has 3 nitrogen and oxygen atoms in total. The minimum Gasteiger partial charge on any atom is -0.389 e. The van der Waals surface area contributed by atoms with E-state index in [0.29, 0.717) is 16.6 Å². The van der Waals surface area contributed by atoms with Gasteiger partial charge in [-0.3, -0.25) is 0 Å². The molecule has 0 bridgehead atoms. The number of ether oxygens (including phenoxy) is 1. The molecule has 0 aliphatic carbocycles. The normalized spacial score (nSPS) is 10.3. The van der Waals surface area contributed by atoms with Crippen molar-refractivity contribution < 1.29 is 4.74 Å². The molecule has 104 valence electrons. The van der Waals surface area contributed by atoms with Crippen LogP contribution < -0.4 is 11.1 Å². The number of anilines is 2. The largest absolute Gasteiger partial charge is 0.389 e. The summed E-state index contributed by atoms with van der Waals surface area (Å²) in [6, 6.07) is 13.4. The van der Waals surface area contributed by atoms with E-state index in [4.69, 9.17) is 34.3 Å². The Kier molecular flexibility index (Phi) is 4.95. The van der Waals surface area contributed by atoms with Crippen LogP contribution in [0.3, 0.4) is 0 Å². The van der Waals surface area contributed by atoms with Gasteiger partial charge in [0.2, 0.25) is 0 Å². The first kappa shape index (κ1) is 14.8. The van der Waals surface area contributed by atoms with Crippen molar-refractivity contribution in [3.05, 3.63) is 58.6 Å². The molecule has 0 radical (unpaired) electrons. The van der Waals surface area contributed by atoms with Crippen LogP contribution in [-0.4, -0.2) is 12.1 Å². The highest BCUT2D eigenvalue weighted by Crippen LogP contribution is 2.25. The number of thiocarbonyl (C=S) groups is 1. The summed E-state index contributed by atoms with van der Waals surface area (Å²) in [4.78, 5) is 0.308. The summed E-state index contributed by atoms with van der Waals surface area (Å²) >= 11 is 11.0. The van der Waals surface area contributed by atoms with Crippen molar-refractivity contribution in [3.8, 4) is 0 Å². The molecule has 0 spiro atoms. The van der Waals surface area contributed by atoms with Crippen LogP contribution in [0.25, 0.3) is 0 Å². The van der Waals surface area contributed by atoms with Crippen LogP contribution in [0.2, 0.25) is 5.02 Å². The van der Waals surface area contributed by atoms with E-state index in [1.54, 1.807) is 19.2 Å². The molecule has 5 heteroatoms. The Labute approximate surface area is 128 Å². The molecule has 0 heterocycles. The van der Waals surface area contributed by atoms with Crippen molar-refractivity contribution in [3.63, 3.8) is 0 Å². The van der Waals surface area contributed by atoms with Crippen LogP contribution in [0.1, 0.15) is 11.1 Å². The Balaban J connectivity index is 2.30. The molecular weight excluding hydrogens is 292 g/mol. The molecular formula is C15H15ClN2OS. The van der Waals surface area contributed by atoms with E-state index in [0.717, 1.165) is 22.5 Å². The maximum absolute atomic E-state index is 5.97. The van der Waals surface area contributed by atoms with Gasteiger partial charge in [0.25, 0.3) is 0 Å². The van der Waals surface area contributed by atoms with Crippen molar-refractivity contribution in [2.45, 2.75) is 6.61 Å². The number of halogens is 1. The molecule has 0 unspecified atom stereocenters. The second-order valence-electron chi connectivity index (χ2n) is 4.31. The standard InChI is InChI=1S/C15H15ClN2OS/c1-19-9-10-3-2-4-12(7-10)18-14-6-5-11(16)8-13(14)15(17)20/h2-8,18H,9H2,1H3,(H2,17,20). The van der Waals surface area contributed by atoms with Gasteiger partial charge in [0.1, 0.15) is 4.99 Å². The van der Waals surface area contributed by atoms with Gasteiger partial charge >= 0.3 is 0 Å². The molecule has 0 atom stereocenters. The third-order valence-electron chi connectivity index (χ3n) is 2.76. The zero-order valence-electron chi connectivity index (χ0n) is 11.0. The monoisotopic (exact) mass is 306 g/mol. The van der Waals surface area contributed by atoms with Crippen LogP contribution >= 0.6 is 23.8 Å². The van der Waals surface area contributed by atoms with E-state index >= 15 is 0 Å². The molecule has 0 amide bonds. The third kappa shape index (κ3) is 3.70. The fourth-order valence-electron chi connectivity index (χ4n) is 1.89. The Morgan fingerprint density at radius 2 is 2.10 bits per heavy atom. The van der Waals surface area contributed by atoms with Crippen LogP contribution in [0.5, 0.6) is 0 Å². The van der Waals surface area contributed by atoms with Gasteiger partial charge in [-0.2, -0.15) is 0 Å². The van der Waals surface area contributed by atoms with Gasteiger partial charge in [-0.1, -0.05) is 36.0 Å². The van der Waals surface area contributed by atoms with Gasteiger partial charge in [-0.25, -0.2) is 0 Å². The lowest BCUT2D eigenvalue weighted by Crippen LogP contribution is -2.12. The Hall–Kier alpha value is -1.62. The van der Waals surface area contributed by atoms with Crippen LogP contribution in [0.15, 0.2) is 42.5 Å². The average molecular weight is 307 g/mol. The zero-order valence-corrected chi connectivity index (χ0v) is 12.6. The summed E-state index contributed by atoms with van der Waals surface area (Å²) in [6.07, 6.45) is 0. The number of methoxy groups -OCH3 is 1. The highest BCUT2D eigenvalue weighted by molar-refractivity contribution is 7.80. The molecule has 3 N–H and O–H groups in total. The average Bonchev–Trinajstić information content (AvgIpc) is 2.41. The summed E-state index contributed by atoms with van der Waals surface area (Å²) in [7, 11) is 1.67. The van der Waals surface area contributed by atoms with Gasteiger partial charge in [-0.05, 0) is 35.9 Å². The highest BCUT2D eigenvalue weighted by Gasteiger charge is 2.07. The Morgan fingerprint density at radius 3 is 2.80 bits per heavy atom. The summed E-state index contributed by atoms with van der Waals surface area (Å²) in [6.45, 7) is 0.568. The molecule has 0 aliphatic heterocycles. The Morgan fingerprint density at radius 1 is 1.30 bits per heavy atom. The SMILES string of the molecule is COCc1cccc(Nc2ccc(Cl)cc2C(N)=S)c1. The highest BCUT2D eigenvalue weighted by atomic mass is 35.5. The quantitative estimate of drug-likeness (QED) is 0.823. The van der Waals surface area contributed by atoms with Crippen molar-refractivity contribution in [2.75, 3.05) is 12.4 Å². The van der Waals surface area contributed by atoms with Crippen LogP contribution in [0.4, 0.5) is 11.4 Å². The Bertz CT molecular complexity index is 631. The van der Waals surface area contributed by atoms with Gasteiger partial charge in [0, 0.05) is 29.1 Å². The van der Waals surface area contributed by atoms with Gasteiger partial charge in [0.15, 0.2) is 0 Å². The molecule has 0 saturated heterocycles. The fraction of sp³-hybridized carbons (Fsp3) is 0.133. The van der Waals surface area contributed by atoms with Crippen molar-refractivity contribution in [1.82, 2.24) is 0 Å². The lowest BCUT2D eigenvalue weighted by atomic mass is 10.1. The maximum atomic E-state index is 5.97. The second kappa shape index (κ2) is 6.70. The van der Waals surface area contributed by atoms with E-state index < -0.39 is 0 Å². The smallest absolute Gasteiger partial charge is 0.106 e. The van der Waals surface area contributed by atoms with Crippen molar-refractivity contribution in [1.29, 1.82) is 0 Å². The molecule has 0 aromatic heterocycles. The predicted octanol–water partition coefficient (Wildman–Crippen LogP) is 3.86. The minimum absolute atomic E-state index is 0.308. The van der Waals surface area contributed by atoms with Crippen molar-refractivity contribution >= 4 is 40.2 Å². The number of nitrogens with one attached hydrogen (secondary N) is 1. The number of hydrogen-bond acceptors (Lipinski definition) is 3. The van der Waals surface area contributed by atoms with Gasteiger partial charge in [-0.15, -0.1) is 0 Å². The summed E-state index contributed by atoms with van der Waals surface area (Å²) in [5, 5.41) is 3.90. The number of benzene rings is 2. The van der Waals surface area contributed by atoms with Gasteiger partial charge < -0.3 is 15.8 Å². The number of nitrogens with two attached hydrogens (primary N) is 1. The van der Waals surface area contributed by atoms with Crippen molar-refractivity contribution in [2.24, 2.45) is 5.73 Å². The summed E-state index contributed by atoms with van der Waals surface area (Å²) in [5.74, 6) is 0. The lowest BCUT2D eigenvalue weighted by molar-refractivity contribution is 0.185. The topological polar surface area (TPSA) is 47.3 Å². The van der Waals surface area contributed by atoms with Crippen LogP contribution in [0, 0.1) is 0 Å². The summed E-state index contributed by atoms with van der Waals surface area (Å²) in [5.41, 5.74) is 9.31. The first-order valence-electron chi connectivity index (χ1n) is 6.04. The zero-order chi connectivity index (χ0) is 14.5. The van der Waals surface area contributed by atoms with E-state index in [1.165, 1.54) is 0 Å². The number of rotatable bonds is 5.